The van der Waals surface area contributed by atoms with E-state index in [1.165, 1.54) is 0 Å². The molecule has 0 radical (unpaired) electrons. The second kappa shape index (κ2) is 4.79. The highest BCUT2D eigenvalue weighted by molar-refractivity contribution is 5.45. The van der Waals surface area contributed by atoms with Crippen molar-refractivity contribution in [3.63, 3.8) is 0 Å². The van der Waals surface area contributed by atoms with Gasteiger partial charge < -0.3 is 18.9 Å². The van der Waals surface area contributed by atoms with Crippen molar-refractivity contribution in [3.8, 4) is 11.5 Å². The Kier molecular flexibility index (Phi) is 3.19. The normalized spacial score (nSPS) is 13.8. The lowest BCUT2D eigenvalue weighted by atomic mass is 10.1. The number of hydrogen-bond donors (Lipinski definition) is 0. The molecule has 0 N–H and O–H groups in total. The van der Waals surface area contributed by atoms with Crippen LogP contribution in [0.2, 0.25) is 0 Å². The minimum Gasteiger partial charge on any atom is -0.501 e. The summed E-state index contributed by atoms with van der Waals surface area (Å²) in [4.78, 5) is 0. The summed E-state index contributed by atoms with van der Waals surface area (Å²) in [5, 5.41) is 0. The van der Waals surface area contributed by atoms with E-state index in [1.54, 1.807) is 20.5 Å². The van der Waals surface area contributed by atoms with Gasteiger partial charge in [0.15, 0.2) is 11.5 Å². The lowest BCUT2D eigenvalue weighted by Gasteiger charge is -2.06. The van der Waals surface area contributed by atoms with Crippen molar-refractivity contribution < 1.29 is 18.9 Å². The third-order valence-electron chi connectivity index (χ3n) is 2.33. The minimum absolute atomic E-state index is 0.295. The molecule has 0 amide bonds. The molecule has 0 saturated heterocycles. The Bertz CT molecular complexity index is 398. The van der Waals surface area contributed by atoms with Gasteiger partial charge in [0.1, 0.15) is 12.0 Å². The van der Waals surface area contributed by atoms with Gasteiger partial charge in [-0.25, -0.2) is 0 Å². The predicted octanol–water partition coefficient (Wildman–Crippen LogP) is 2.09. The van der Waals surface area contributed by atoms with E-state index in [2.05, 4.69) is 0 Å². The fraction of sp³-hybridized carbons (Fsp3) is 0.333. The molecule has 1 aromatic rings. The van der Waals surface area contributed by atoms with Gasteiger partial charge >= 0.3 is 0 Å². The monoisotopic (exact) mass is 222 g/mol. The van der Waals surface area contributed by atoms with Crippen molar-refractivity contribution in [2.75, 3.05) is 21.0 Å². The van der Waals surface area contributed by atoms with E-state index in [1.807, 2.05) is 18.2 Å². The van der Waals surface area contributed by atoms with Crippen molar-refractivity contribution in [3.05, 3.63) is 35.8 Å². The molecular weight excluding hydrogens is 208 g/mol. The van der Waals surface area contributed by atoms with Gasteiger partial charge in [-0.2, -0.15) is 0 Å². The average molecular weight is 222 g/mol. The first-order chi connectivity index (χ1) is 7.83. The first kappa shape index (κ1) is 10.7. The van der Waals surface area contributed by atoms with Gasteiger partial charge in [-0.05, 0) is 17.7 Å². The Morgan fingerprint density at radius 3 is 2.88 bits per heavy atom. The van der Waals surface area contributed by atoms with E-state index >= 15 is 0 Å². The number of rotatable bonds is 4. The smallest absolute Gasteiger partial charge is 0.231 e. The van der Waals surface area contributed by atoms with Crippen LogP contribution < -0.4 is 9.47 Å². The Morgan fingerprint density at radius 2 is 2.12 bits per heavy atom. The largest absolute Gasteiger partial charge is 0.501 e. The summed E-state index contributed by atoms with van der Waals surface area (Å²) in [6.45, 7) is 0.295. The number of fused-ring (bicyclic) bond motifs is 1. The number of hydrogen-bond acceptors (Lipinski definition) is 4. The van der Waals surface area contributed by atoms with Crippen molar-refractivity contribution in [1.29, 1.82) is 0 Å². The zero-order chi connectivity index (χ0) is 11.4. The SMILES string of the molecule is COC=C(Cc1ccc2c(c1)OCO2)OC. The zero-order valence-electron chi connectivity index (χ0n) is 9.36. The van der Waals surface area contributed by atoms with Crippen LogP contribution in [0.15, 0.2) is 30.2 Å². The Labute approximate surface area is 94.4 Å². The standard InChI is InChI=1S/C12H14O4/c1-13-7-10(14-2)5-9-3-4-11-12(6-9)16-8-15-11/h3-4,6-7H,5,8H2,1-2H3. The Balaban J connectivity index is 2.13. The Hall–Kier alpha value is -1.84. The van der Waals surface area contributed by atoms with Crippen LogP contribution >= 0.6 is 0 Å². The van der Waals surface area contributed by atoms with E-state index in [0.29, 0.717) is 13.2 Å². The molecule has 0 unspecified atom stereocenters. The summed E-state index contributed by atoms with van der Waals surface area (Å²) in [5.74, 6) is 2.34. The van der Waals surface area contributed by atoms with Crippen LogP contribution in [0, 0.1) is 0 Å². The van der Waals surface area contributed by atoms with Crippen molar-refractivity contribution in [2.45, 2.75) is 6.42 Å². The van der Waals surface area contributed by atoms with E-state index in [0.717, 1.165) is 22.8 Å². The first-order valence-corrected chi connectivity index (χ1v) is 4.98. The lowest BCUT2D eigenvalue weighted by molar-refractivity contribution is 0.174. The van der Waals surface area contributed by atoms with E-state index in [4.69, 9.17) is 18.9 Å². The van der Waals surface area contributed by atoms with Crippen LogP contribution in [0.3, 0.4) is 0 Å². The third kappa shape index (κ3) is 2.21. The molecule has 0 saturated carbocycles. The molecule has 0 bridgehead atoms. The molecule has 1 aliphatic rings. The fourth-order valence-corrected chi connectivity index (χ4v) is 1.55. The third-order valence-corrected chi connectivity index (χ3v) is 2.33. The van der Waals surface area contributed by atoms with Gasteiger partial charge in [-0.1, -0.05) is 6.07 Å². The van der Waals surface area contributed by atoms with E-state index < -0.39 is 0 Å². The summed E-state index contributed by atoms with van der Waals surface area (Å²) in [6, 6.07) is 5.83. The molecule has 0 aromatic heterocycles. The number of methoxy groups -OCH3 is 2. The van der Waals surface area contributed by atoms with Gasteiger partial charge in [0.2, 0.25) is 6.79 Å². The summed E-state index contributed by atoms with van der Waals surface area (Å²) >= 11 is 0. The van der Waals surface area contributed by atoms with Gasteiger partial charge in [0, 0.05) is 6.42 Å². The van der Waals surface area contributed by atoms with Gasteiger partial charge in [-0.15, -0.1) is 0 Å². The Morgan fingerprint density at radius 1 is 1.31 bits per heavy atom. The molecular formula is C12H14O4. The first-order valence-electron chi connectivity index (χ1n) is 4.98. The molecule has 86 valence electrons. The van der Waals surface area contributed by atoms with Crippen molar-refractivity contribution in [1.82, 2.24) is 0 Å². The maximum Gasteiger partial charge on any atom is 0.231 e. The molecule has 0 fully saturated rings. The second-order valence-electron chi connectivity index (χ2n) is 3.39. The average Bonchev–Trinajstić information content (AvgIpc) is 2.75. The highest BCUT2D eigenvalue weighted by Crippen LogP contribution is 2.33. The van der Waals surface area contributed by atoms with Crippen LogP contribution in [0.1, 0.15) is 5.56 Å². The summed E-state index contributed by atoms with van der Waals surface area (Å²) in [7, 11) is 3.22. The van der Waals surface area contributed by atoms with E-state index in [9.17, 15) is 0 Å². The molecule has 0 atom stereocenters. The molecule has 16 heavy (non-hydrogen) atoms. The summed E-state index contributed by atoms with van der Waals surface area (Å²) in [6.07, 6.45) is 2.26. The van der Waals surface area contributed by atoms with Crippen LogP contribution in [0.25, 0.3) is 0 Å². The highest BCUT2D eigenvalue weighted by atomic mass is 16.7. The molecule has 0 spiro atoms. The molecule has 1 heterocycles. The van der Waals surface area contributed by atoms with Crippen LogP contribution in [-0.2, 0) is 15.9 Å². The van der Waals surface area contributed by atoms with Crippen LogP contribution in [-0.4, -0.2) is 21.0 Å². The molecule has 4 nitrogen and oxygen atoms in total. The number of allylic oxidation sites excluding steroid dienone is 1. The maximum atomic E-state index is 5.30. The fourth-order valence-electron chi connectivity index (χ4n) is 1.55. The lowest BCUT2D eigenvalue weighted by Crippen LogP contribution is -1.94. The number of ether oxygens (including phenoxy) is 4. The summed E-state index contributed by atoms with van der Waals surface area (Å²) < 4.78 is 20.6. The zero-order valence-corrected chi connectivity index (χ0v) is 9.36. The molecule has 2 rings (SSSR count). The van der Waals surface area contributed by atoms with Crippen molar-refractivity contribution in [2.24, 2.45) is 0 Å². The highest BCUT2D eigenvalue weighted by Gasteiger charge is 2.13. The van der Waals surface area contributed by atoms with Crippen LogP contribution in [0.4, 0.5) is 0 Å². The molecule has 1 aliphatic heterocycles. The van der Waals surface area contributed by atoms with Gasteiger partial charge in [0.25, 0.3) is 0 Å². The van der Waals surface area contributed by atoms with Gasteiger partial charge in [0.05, 0.1) is 14.2 Å². The number of benzene rings is 1. The van der Waals surface area contributed by atoms with Crippen molar-refractivity contribution >= 4 is 0 Å². The second-order valence-corrected chi connectivity index (χ2v) is 3.39. The molecule has 4 heteroatoms. The molecule has 1 aromatic carbocycles. The molecule has 0 aliphatic carbocycles. The maximum absolute atomic E-state index is 5.30. The van der Waals surface area contributed by atoms with Crippen LogP contribution in [0.5, 0.6) is 11.5 Å². The topological polar surface area (TPSA) is 36.9 Å². The van der Waals surface area contributed by atoms with E-state index in [-0.39, 0.29) is 0 Å². The minimum atomic E-state index is 0.295. The van der Waals surface area contributed by atoms with Gasteiger partial charge in [-0.3, -0.25) is 0 Å². The summed E-state index contributed by atoms with van der Waals surface area (Å²) in [5.41, 5.74) is 1.09. The predicted molar refractivity (Wildman–Crippen MR) is 58.4 cm³/mol. The quantitative estimate of drug-likeness (QED) is 0.731.